The number of likely N-dealkylation sites (N-methyl/N-ethyl adjacent to an activating group) is 1. The molecule has 1 aromatic rings. The summed E-state index contributed by atoms with van der Waals surface area (Å²) in [6.45, 7) is 6.71. The molecule has 0 aromatic heterocycles. The number of ether oxygens (including phenoxy) is 2. The molecule has 8 heteroatoms. The van der Waals surface area contributed by atoms with Gasteiger partial charge in [0.2, 0.25) is 15.9 Å². The van der Waals surface area contributed by atoms with Crippen LogP contribution in [0.15, 0.2) is 23.1 Å². The zero-order valence-electron chi connectivity index (χ0n) is 14.4. The lowest BCUT2D eigenvalue weighted by Gasteiger charge is -2.31. The minimum Gasteiger partial charge on any atom is -0.493 e. The van der Waals surface area contributed by atoms with Crippen LogP contribution in [0.5, 0.6) is 5.75 Å². The highest BCUT2D eigenvalue weighted by atomic mass is 32.2. The fourth-order valence-electron chi connectivity index (χ4n) is 2.53. The molecule has 1 heterocycles. The molecule has 0 amide bonds. The first kappa shape index (κ1) is 18.7. The molecule has 1 aliphatic rings. The Morgan fingerprint density at radius 2 is 1.83 bits per heavy atom. The molecule has 1 N–H and O–H groups in total. The maximum atomic E-state index is 12.9. The van der Waals surface area contributed by atoms with Crippen LogP contribution in [0, 0.1) is 5.41 Å². The summed E-state index contributed by atoms with van der Waals surface area (Å²) in [6.07, 6.45) is 0. The summed E-state index contributed by atoms with van der Waals surface area (Å²) in [4.78, 5) is 2.26. The van der Waals surface area contributed by atoms with Crippen LogP contribution in [0.4, 0.5) is 0 Å². The molecule has 7 nitrogen and oxygen atoms in total. The van der Waals surface area contributed by atoms with E-state index in [0.717, 1.165) is 0 Å². The van der Waals surface area contributed by atoms with Crippen molar-refractivity contribution in [1.29, 1.82) is 5.41 Å². The predicted octanol–water partition coefficient (Wildman–Crippen LogP) is 1.38. The van der Waals surface area contributed by atoms with E-state index >= 15 is 0 Å². The lowest BCUT2D eigenvalue weighted by atomic mass is 10.2. The van der Waals surface area contributed by atoms with E-state index in [-0.39, 0.29) is 10.8 Å². The Bertz CT molecular complexity index is 683. The minimum atomic E-state index is -3.59. The fourth-order valence-corrected chi connectivity index (χ4v) is 3.98. The molecule has 24 heavy (non-hydrogen) atoms. The van der Waals surface area contributed by atoms with Gasteiger partial charge < -0.3 is 14.4 Å². The number of piperazine rings is 1. The Balaban J connectivity index is 2.36. The van der Waals surface area contributed by atoms with Crippen molar-refractivity contribution in [2.75, 3.05) is 46.4 Å². The highest BCUT2D eigenvalue weighted by molar-refractivity contribution is 7.89. The van der Waals surface area contributed by atoms with Crippen molar-refractivity contribution >= 4 is 15.9 Å². The molecule has 0 radical (unpaired) electrons. The van der Waals surface area contributed by atoms with Crippen molar-refractivity contribution in [2.24, 2.45) is 0 Å². The molecule has 2 rings (SSSR count). The topological polar surface area (TPSA) is 82.9 Å². The van der Waals surface area contributed by atoms with Crippen LogP contribution < -0.4 is 4.74 Å². The minimum absolute atomic E-state index is 0.0867. The zero-order valence-corrected chi connectivity index (χ0v) is 15.2. The van der Waals surface area contributed by atoms with Gasteiger partial charge in [-0.2, -0.15) is 4.31 Å². The molecule has 1 aromatic carbocycles. The van der Waals surface area contributed by atoms with Gasteiger partial charge >= 0.3 is 0 Å². The van der Waals surface area contributed by atoms with Crippen molar-refractivity contribution in [3.63, 3.8) is 0 Å². The van der Waals surface area contributed by atoms with Gasteiger partial charge in [0.1, 0.15) is 5.75 Å². The third-order valence-electron chi connectivity index (χ3n) is 3.88. The molecule has 0 spiro atoms. The quantitative estimate of drug-likeness (QED) is 0.616. The Hall–Kier alpha value is -1.64. The van der Waals surface area contributed by atoms with E-state index in [4.69, 9.17) is 14.9 Å². The van der Waals surface area contributed by atoms with Gasteiger partial charge in [-0.15, -0.1) is 0 Å². The van der Waals surface area contributed by atoms with Crippen LogP contribution in [0.1, 0.15) is 19.4 Å². The van der Waals surface area contributed by atoms with Crippen molar-refractivity contribution in [3.8, 4) is 5.75 Å². The molecule has 134 valence electrons. The largest absolute Gasteiger partial charge is 0.493 e. The maximum Gasteiger partial charge on any atom is 0.243 e. The van der Waals surface area contributed by atoms with E-state index in [2.05, 4.69) is 4.90 Å². The Morgan fingerprint density at radius 3 is 2.42 bits per heavy atom. The van der Waals surface area contributed by atoms with Gasteiger partial charge in [0, 0.05) is 26.2 Å². The van der Waals surface area contributed by atoms with E-state index in [1.165, 1.54) is 16.4 Å². The monoisotopic (exact) mass is 355 g/mol. The highest BCUT2D eigenvalue weighted by Crippen LogP contribution is 2.26. The van der Waals surface area contributed by atoms with Gasteiger partial charge in [-0.1, -0.05) is 0 Å². The average molecular weight is 355 g/mol. The third-order valence-corrected chi connectivity index (χ3v) is 5.78. The second kappa shape index (κ2) is 7.96. The summed E-state index contributed by atoms with van der Waals surface area (Å²) in [5, 5.41) is 8.00. The van der Waals surface area contributed by atoms with Crippen molar-refractivity contribution in [3.05, 3.63) is 23.8 Å². The van der Waals surface area contributed by atoms with E-state index in [1.807, 2.05) is 14.0 Å². The zero-order chi connectivity index (χ0) is 17.7. The molecule has 0 unspecified atom stereocenters. The number of rotatable bonds is 6. The molecule has 0 saturated carbocycles. The lowest BCUT2D eigenvalue weighted by molar-refractivity contribution is 0.222. The second-order valence-electron chi connectivity index (χ2n) is 5.56. The van der Waals surface area contributed by atoms with Crippen molar-refractivity contribution in [1.82, 2.24) is 9.21 Å². The van der Waals surface area contributed by atoms with Crippen molar-refractivity contribution in [2.45, 2.75) is 18.7 Å². The molecule has 1 saturated heterocycles. The second-order valence-corrected chi connectivity index (χ2v) is 7.50. The smallest absolute Gasteiger partial charge is 0.243 e. The molecule has 1 aliphatic heterocycles. The summed E-state index contributed by atoms with van der Waals surface area (Å²) in [7, 11) is -1.61. The van der Waals surface area contributed by atoms with E-state index < -0.39 is 10.0 Å². The first-order valence-corrected chi connectivity index (χ1v) is 9.51. The van der Waals surface area contributed by atoms with Crippen molar-refractivity contribution < 1.29 is 17.9 Å². The number of hydrogen-bond donors (Lipinski definition) is 1. The third kappa shape index (κ3) is 4.06. The number of nitrogens with one attached hydrogen (secondary N) is 1. The van der Waals surface area contributed by atoms with Gasteiger partial charge in [-0.25, -0.2) is 8.42 Å². The van der Waals surface area contributed by atoms with Gasteiger partial charge in [-0.05, 0) is 39.1 Å². The van der Waals surface area contributed by atoms with Crippen LogP contribution in [-0.2, 0) is 14.8 Å². The summed E-state index contributed by atoms with van der Waals surface area (Å²) in [6, 6.07) is 4.59. The van der Waals surface area contributed by atoms with E-state index in [1.54, 1.807) is 13.0 Å². The molecule has 1 fully saturated rings. The SMILES string of the molecule is CCOC(=N)c1cc(S(=O)(=O)N2CCN(C)CC2)ccc1OCC. The summed E-state index contributed by atoms with van der Waals surface area (Å²) >= 11 is 0. The molecular formula is C16H25N3O4S. The lowest BCUT2D eigenvalue weighted by Crippen LogP contribution is -2.47. The molecule has 0 bridgehead atoms. The molecule has 0 atom stereocenters. The fraction of sp³-hybridized carbons (Fsp3) is 0.562. The van der Waals surface area contributed by atoms with E-state index in [9.17, 15) is 8.42 Å². The molecular weight excluding hydrogens is 330 g/mol. The highest BCUT2D eigenvalue weighted by Gasteiger charge is 2.28. The Labute approximate surface area is 143 Å². The van der Waals surface area contributed by atoms with Gasteiger partial charge in [0.25, 0.3) is 0 Å². The summed E-state index contributed by atoms with van der Waals surface area (Å²) in [5.74, 6) is 0.365. The van der Waals surface area contributed by atoms with Gasteiger partial charge in [-0.3, -0.25) is 5.41 Å². The van der Waals surface area contributed by atoms with Crippen LogP contribution in [-0.4, -0.2) is 70.0 Å². The van der Waals surface area contributed by atoms with Gasteiger partial charge in [0.15, 0.2) is 0 Å². The first-order valence-electron chi connectivity index (χ1n) is 8.07. The number of sulfonamides is 1. The van der Waals surface area contributed by atoms with Crippen LogP contribution in [0.3, 0.4) is 0 Å². The first-order chi connectivity index (χ1) is 11.4. The molecule has 0 aliphatic carbocycles. The average Bonchev–Trinajstić information content (AvgIpc) is 2.56. The number of benzene rings is 1. The van der Waals surface area contributed by atoms with Crippen LogP contribution in [0.2, 0.25) is 0 Å². The summed E-state index contributed by atoms with van der Waals surface area (Å²) in [5.41, 5.74) is 0.355. The Kier molecular flexibility index (Phi) is 6.20. The van der Waals surface area contributed by atoms with Crippen LogP contribution in [0.25, 0.3) is 0 Å². The number of hydrogen-bond acceptors (Lipinski definition) is 6. The van der Waals surface area contributed by atoms with E-state index in [0.29, 0.717) is 50.7 Å². The summed E-state index contributed by atoms with van der Waals surface area (Å²) < 4.78 is 37.9. The predicted molar refractivity (Wildman–Crippen MR) is 92.3 cm³/mol. The van der Waals surface area contributed by atoms with Gasteiger partial charge in [0.05, 0.1) is 23.7 Å². The maximum absolute atomic E-state index is 12.9. The standard InChI is InChI=1S/C16H25N3O4S/c1-4-22-15-7-6-13(12-14(15)16(17)23-5-2)24(20,21)19-10-8-18(3)9-11-19/h6-7,12,17H,4-5,8-11H2,1-3H3. The Morgan fingerprint density at radius 1 is 1.17 bits per heavy atom. The van der Waals surface area contributed by atoms with Crippen LogP contribution >= 0.6 is 0 Å². The number of nitrogens with zero attached hydrogens (tertiary/aromatic N) is 2. The normalized spacial score (nSPS) is 16.8.